The first-order valence-electron chi connectivity index (χ1n) is 8.79. The minimum atomic E-state index is -2.58. The third-order valence-electron chi connectivity index (χ3n) is 4.60. The highest BCUT2D eigenvalue weighted by Gasteiger charge is 2.26. The molecule has 0 atom stereocenters. The van der Waals surface area contributed by atoms with Crippen LogP contribution in [0.1, 0.15) is 38.5 Å². The van der Waals surface area contributed by atoms with Crippen LogP contribution in [-0.2, 0) is 4.57 Å². The van der Waals surface area contributed by atoms with E-state index in [2.05, 4.69) is 5.41 Å². The van der Waals surface area contributed by atoms with Crippen molar-refractivity contribution in [2.45, 2.75) is 38.5 Å². The van der Waals surface area contributed by atoms with Gasteiger partial charge in [0, 0.05) is 10.6 Å². The molecule has 1 aliphatic carbocycles. The van der Waals surface area contributed by atoms with E-state index in [1.807, 2.05) is 60.7 Å². The summed E-state index contributed by atoms with van der Waals surface area (Å²) in [7, 11) is -2.58. The highest BCUT2D eigenvalue weighted by Crippen LogP contribution is 2.47. The first kappa shape index (κ1) is 17.6. The average Bonchev–Trinajstić information content (AvgIpc) is 2.92. The molecule has 1 aliphatic rings. The van der Waals surface area contributed by atoms with Gasteiger partial charge in [0.25, 0.3) is 0 Å². The predicted octanol–water partition coefficient (Wildman–Crippen LogP) is 5.93. The van der Waals surface area contributed by atoms with Gasteiger partial charge in [0.2, 0.25) is 0 Å². The van der Waals surface area contributed by atoms with Gasteiger partial charge in [-0.15, -0.1) is 11.8 Å². The van der Waals surface area contributed by atoms with Gasteiger partial charge >= 0.3 is 0 Å². The lowest BCUT2D eigenvalue weighted by atomic mass is 10.1. The molecule has 0 heterocycles. The molecule has 0 amide bonds. The molecule has 0 aromatic heterocycles. The Morgan fingerprint density at radius 2 is 1.29 bits per heavy atom. The zero-order valence-electron chi connectivity index (χ0n) is 14.1. The summed E-state index contributed by atoms with van der Waals surface area (Å²) in [5, 5.41) is 4.22. The van der Waals surface area contributed by atoms with Crippen LogP contribution in [0.25, 0.3) is 0 Å². The Labute approximate surface area is 149 Å². The number of hydrogen-bond acceptors (Lipinski definition) is 2. The summed E-state index contributed by atoms with van der Waals surface area (Å²) >= 11 is 1.74. The van der Waals surface area contributed by atoms with Gasteiger partial charge in [-0.25, -0.2) is 0 Å². The minimum absolute atomic E-state index is 0.643. The zero-order valence-corrected chi connectivity index (χ0v) is 15.8. The second-order valence-corrected chi connectivity index (χ2v) is 10.5. The lowest BCUT2D eigenvalue weighted by molar-refractivity contribution is 0.590. The molecule has 0 saturated heterocycles. The highest BCUT2D eigenvalue weighted by molar-refractivity contribution is 8.10. The minimum Gasteiger partial charge on any atom is -0.313 e. The summed E-state index contributed by atoms with van der Waals surface area (Å²) < 4.78 is 13.9. The van der Waals surface area contributed by atoms with Crippen LogP contribution in [0, 0.1) is 0 Å². The number of thioether (sulfide) groups is 1. The van der Waals surface area contributed by atoms with E-state index in [9.17, 15) is 4.57 Å². The fraction of sp³-hybridized carbons (Fsp3) is 0.333. The third kappa shape index (κ3) is 4.43. The summed E-state index contributed by atoms with van der Waals surface area (Å²) in [6.45, 7) is 0. The quantitative estimate of drug-likeness (QED) is 0.488. The lowest BCUT2D eigenvalue weighted by Gasteiger charge is -2.18. The smallest absolute Gasteiger partial charge is 0.152 e. The SMILES string of the molecule is O=P(CSC=C1CCCCCC1)(c1ccccc1)c1ccccc1. The standard InChI is InChI=1S/C21H25OPS/c22-23(20-13-7-3-8-14-20,21-15-9-4-10-16-21)18-24-17-19-11-5-1-2-6-12-19/h3-4,7-10,13-17H,1-2,5-6,11-12,18H2. The van der Waals surface area contributed by atoms with E-state index in [1.54, 1.807) is 17.3 Å². The number of benzene rings is 2. The van der Waals surface area contributed by atoms with Crippen LogP contribution in [-0.4, -0.2) is 5.49 Å². The maximum Gasteiger partial charge on any atom is 0.152 e. The monoisotopic (exact) mass is 356 g/mol. The van der Waals surface area contributed by atoms with Crippen LogP contribution >= 0.6 is 18.9 Å². The molecule has 3 rings (SSSR count). The number of hydrogen-bond donors (Lipinski definition) is 0. The van der Waals surface area contributed by atoms with Crippen LogP contribution in [0.2, 0.25) is 0 Å². The summed E-state index contributed by atoms with van der Waals surface area (Å²) in [6.07, 6.45) is 7.76. The maximum absolute atomic E-state index is 13.9. The Bertz CT molecular complexity index is 656. The maximum atomic E-state index is 13.9. The Kier molecular flexibility index (Phi) is 6.40. The zero-order chi connectivity index (χ0) is 16.7. The molecule has 24 heavy (non-hydrogen) atoms. The van der Waals surface area contributed by atoms with E-state index in [4.69, 9.17) is 0 Å². The van der Waals surface area contributed by atoms with Crippen molar-refractivity contribution in [3.05, 3.63) is 71.6 Å². The van der Waals surface area contributed by atoms with Gasteiger partial charge < -0.3 is 4.57 Å². The van der Waals surface area contributed by atoms with Crippen molar-refractivity contribution >= 4 is 29.5 Å². The molecule has 3 heteroatoms. The largest absolute Gasteiger partial charge is 0.313 e. The van der Waals surface area contributed by atoms with Gasteiger partial charge in [0.15, 0.2) is 7.14 Å². The van der Waals surface area contributed by atoms with Gasteiger partial charge in [-0.3, -0.25) is 0 Å². The van der Waals surface area contributed by atoms with Crippen LogP contribution in [0.15, 0.2) is 71.6 Å². The molecule has 2 aromatic rings. The van der Waals surface area contributed by atoms with E-state index in [0.717, 1.165) is 10.6 Å². The molecule has 126 valence electrons. The van der Waals surface area contributed by atoms with Crippen molar-refractivity contribution in [1.82, 2.24) is 0 Å². The molecule has 0 N–H and O–H groups in total. The van der Waals surface area contributed by atoms with E-state index in [1.165, 1.54) is 38.5 Å². The molecule has 0 radical (unpaired) electrons. The predicted molar refractivity (Wildman–Crippen MR) is 108 cm³/mol. The second-order valence-electron chi connectivity index (χ2n) is 6.40. The molecule has 1 saturated carbocycles. The van der Waals surface area contributed by atoms with E-state index in [-0.39, 0.29) is 0 Å². The molecular weight excluding hydrogens is 331 g/mol. The Balaban J connectivity index is 1.81. The van der Waals surface area contributed by atoms with Crippen molar-refractivity contribution in [2.75, 3.05) is 5.49 Å². The average molecular weight is 356 g/mol. The van der Waals surface area contributed by atoms with Crippen molar-refractivity contribution in [3.63, 3.8) is 0 Å². The van der Waals surface area contributed by atoms with E-state index in [0.29, 0.717) is 5.49 Å². The van der Waals surface area contributed by atoms with Crippen LogP contribution in [0.3, 0.4) is 0 Å². The van der Waals surface area contributed by atoms with Crippen molar-refractivity contribution in [1.29, 1.82) is 0 Å². The van der Waals surface area contributed by atoms with Crippen LogP contribution < -0.4 is 10.6 Å². The van der Waals surface area contributed by atoms with Crippen molar-refractivity contribution < 1.29 is 4.57 Å². The fourth-order valence-corrected chi connectivity index (χ4v) is 7.60. The van der Waals surface area contributed by atoms with Gasteiger partial charge in [-0.2, -0.15) is 0 Å². The highest BCUT2D eigenvalue weighted by atomic mass is 32.2. The molecular formula is C21H25OPS. The Morgan fingerprint density at radius 1 is 0.792 bits per heavy atom. The molecule has 0 bridgehead atoms. The Hall–Kier alpha value is -1.24. The van der Waals surface area contributed by atoms with Gasteiger partial charge in [0.05, 0.1) is 5.49 Å². The summed E-state index contributed by atoms with van der Waals surface area (Å²) in [5.74, 6) is 0. The Morgan fingerprint density at radius 3 is 1.79 bits per heavy atom. The van der Waals surface area contributed by atoms with Gasteiger partial charge in [-0.1, -0.05) is 79.1 Å². The molecule has 0 aliphatic heterocycles. The van der Waals surface area contributed by atoms with Gasteiger partial charge in [-0.05, 0) is 31.1 Å². The fourth-order valence-electron chi connectivity index (χ4n) is 3.20. The van der Waals surface area contributed by atoms with Crippen molar-refractivity contribution in [2.24, 2.45) is 0 Å². The van der Waals surface area contributed by atoms with Gasteiger partial charge in [0.1, 0.15) is 0 Å². The van der Waals surface area contributed by atoms with E-state index >= 15 is 0 Å². The van der Waals surface area contributed by atoms with Crippen molar-refractivity contribution in [3.8, 4) is 0 Å². The molecule has 1 fully saturated rings. The summed E-state index contributed by atoms with van der Waals surface area (Å²) in [4.78, 5) is 0. The normalized spacial score (nSPS) is 15.8. The summed E-state index contributed by atoms with van der Waals surface area (Å²) in [6, 6.07) is 19.9. The van der Waals surface area contributed by atoms with Crippen LogP contribution in [0.5, 0.6) is 0 Å². The molecule has 1 nitrogen and oxygen atoms in total. The van der Waals surface area contributed by atoms with Crippen LogP contribution in [0.4, 0.5) is 0 Å². The second kappa shape index (κ2) is 8.74. The summed E-state index contributed by atoms with van der Waals surface area (Å²) in [5.41, 5.74) is 2.19. The molecule has 0 spiro atoms. The topological polar surface area (TPSA) is 17.1 Å². The number of allylic oxidation sites excluding steroid dienone is 1. The lowest BCUT2D eigenvalue weighted by Crippen LogP contribution is -2.17. The number of rotatable bonds is 5. The molecule has 2 aromatic carbocycles. The molecule has 0 unspecified atom stereocenters. The first-order valence-corrected chi connectivity index (χ1v) is 11.7. The first-order chi connectivity index (χ1) is 11.8. The third-order valence-corrected chi connectivity index (χ3v) is 9.41. The van der Waals surface area contributed by atoms with E-state index < -0.39 is 7.14 Å².